The molecule has 0 unspecified atom stereocenters. The maximum Gasteiger partial charge on any atom is 0.219 e. The summed E-state index contributed by atoms with van der Waals surface area (Å²) >= 11 is 0. The molecule has 5 heterocycles. The van der Waals surface area contributed by atoms with E-state index in [1.54, 1.807) is 17.9 Å². The van der Waals surface area contributed by atoms with Crippen molar-refractivity contribution in [3.05, 3.63) is 47.9 Å². The molecule has 0 bridgehead atoms. The number of furan rings is 1. The van der Waals surface area contributed by atoms with Gasteiger partial charge in [-0.1, -0.05) is 0 Å². The van der Waals surface area contributed by atoms with Crippen LogP contribution in [0.15, 0.2) is 35.4 Å². The zero-order valence-corrected chi connectivity index (χ0v) is 18.0. The molecular formula is C22H27N7O2. The van der Waals surface area contributed by atoms with Crippen LogP contribution in [-0.2, 0) is 31.4 Å². The highest BCUT2D eigenvalue weighted by Gasteiger charge is 2.27. The molecule has 0 aliphatic carbocycles. The van der Waals surface area contributed by atoms with Gasteiger partial charge < -0.3 is 14.2 Å². The number of fused-ring (bicyclic) bond motifs is 1. The normalized spacial score (nSPS) is 17.1. The molecular weight excluding hydrogens is 394 g/mol. The van der Waals surface area contributed by atoms with Crippen molar-refractivity contribution in [3.8, 4) is 11.3 Å². The van der Waals surface area contributed by atoms with Crippen molar-refractivity contribution in [2.75, 3.05) is 37.6 Å². The second-order valence-electron chi connectivity index (χ2n) is 8.28. The molecule has 3 aromatic rings. The number of anilines is 1. The number of rotatable bonds is 4. The summed E-state index contributed by atoms with van der Waals surface area (Å²) in [7, 11) is 1.90. The summed E-state index contributed by atoms with van der Waals surface area (Å²) in [5.41, 5.74) is 4.89. The Labute approximate surface area is 181 Å². The molecule has 1 fully saturated rings. The minimum Gasteiger partial charge on any atom is -0.472 e. The van der Waals surface area contributed by atoms with Crippen LogP contribution in [0.3, 0.4) is 0 Å². The van der Waals surface area contributed by atoms with Gasteiger partial charge in [0.05, 0.1) is 36.7 Å². The van der Waals surface area contributed by atoms with Crippen molar-refractivity contribution in [2.24, 2.45) is 7.05 Å². The molecule has 9 heteroatoms. The van der Waals surface area contributed by atoms with Gasteiger partial charge >= 0.3 is 0 Å². The highest BCUT2D eigenvalue weighted by atomic mass is 16.3. The smallest absolute Gasteiger partial charge is 0.219 e. The minimum absolute atomic E-state index is 0.0770. The van der Waals surface area contributed by atoms with Gasteiger partial charge in [0.1, 0.15) is 5.69 Å². The number of hydrogen-bond acceptors (Lipinski definition) is 7. The van der Waals surface area contributed by atoms with Gasteiger partial charge in [0.15, 0.2) is 5.82 Å². The Hall–Kier alpha value is -3.20. The van der Waals surface area contributed by atoms with Crippen LogP contribution >= 0.6 is 0 Å². The summed E-state index contributed by atoms with van der Waals surface area (Å²) in [5, 5.41) is 4.34. The van der Waals surface area contributed by atoms with Crippen molar-refractivity contribution in [1.29, 1.82) is 0 Å². The molecule has 1 saturated heterocycles. The van der Waals surface area contributed by atoms with Crippen LogP contribution in [0.5, 0.6) is 0 Å². The van der Waals surface area contributed by atoms with Crippen LogP contribution < -0.4 is 4.90 Å². The molecule has 0 atom stereocenters. The van der Waals surface area contributed by atoms with E-state index < -0.39 is 0 Å². The fourth-order valence-electron chi connectivity index (χ4n) is 4.31. The zero-order chi connectivity index (χ0) is 21.4. The average molecular weight is 422 g/mol. The predicted molar refractivity (Wildman–Crippen MR) is 115 cm³/mol. The van der Waals surface area contributed by atoms with Crippen LogP contribution in [0, 0.1) is 0 Å². The molecule has 31 heavy (non-hydrogen) atoms. The van der Waals surface area contributed by atoms with Gasteiger partial charge in [-0.05, 0) is 6.07 Å². The highest BCUT2D eigenvalue weighted by molar-refractivity contribution is 5.74. The maximum atomic E-state index is 11.9. The second-order valence-corrected chi connectivity index (χ2v) is 8.28. The first-order valence-electron chi connectivity index (χ1n) is 10.7. The molecule has 0 spiro atoms. The number of hydrogen-bond donors (Lipinski definition) is 0. The molecule has 0 saturated carbocycles. The lowest BCUT2D eigenvalue weighted by Gasteiger charge is -2.36. The van der Waals surface area contributed by atoms with Gasteiger partial charge in [-0.15, -0.1) is 0 Å². The first-order valence-corrected chi connectivity index (χ1v) is 10.7. The van der Waals surface area contributed by atoms with Crippen LogP contribution in [0.25, 0.3) is 11.3 Å². The first kappa shape index (κ1) is 19.7. The number of piperazine rings is 1. The summed E-state index contributed by atoms with van der Waals surface area (Å²) in [6, 6.07) is 2.02. The summed E-state index contributed by atoms with van der Waals surface area (Å²) in [6.45, 7) is 7.40. The SMILES string of the molecule is CC(=O)N1CCc2nc(N3CCN(Cc4ccoc4)CC3)c(-c3cnn(C)c3)nc2C1. The molecule has 1 amide bonds. The van der Waals surface area contributed by atoms with Crippen molar-refractivity contribution in [3.63, 3.8) is 0 Å². The molecule has 0 aromatic carbocycles. The number of carbonyl (C=O) groups is 1. The number of amides is 1. The van der Waals surface area contributed by atoms with Crippen LogP contribution in [0.1, 0.15) is 23.9 Å². The third-order valence-electron chi connectivity index (χ3n) is 6.07. The Morgan fingerprint density at radius 3 is 2.65 bits per heavy atom. The Bertz CT molecular complexity index is 1070. The summed E-state index contributed by atoms with van der Waals surface area (Å²) in [6.07, 6.45) is 8.08. The topological polar surface area (TPSA) is 83.5 Å². The van der Waals surface area contributed by atoms with Crippen molar-refractivity contribution < 1.29 is 9.21 Å². The van der Waals surface area contributed by atoms with Gasteiger partial charge in [-0.3, -0.25) is 14.4 Å². The monoisotopic (exact) mass is 421 g/mol. The molecule has 2 aliphatic heterocycles. The Morgan fingerprint density at radius 1 is 1.13 bits per heavy atom. The fraction of sp³-hybridized carbons (Fsp3) is 0.455. The number of aryl methyl sites for hydroxylation is 1. The lowest BCUT2D eigenvalue weighted by molar-refractivity contribution is -0.129. The Kier molecular flexibility index (Phi) is 5.19. The summed E-state index contributed by atoms with van der Waals surface area (Å²) < 4.78 is 6.98. The van der Waals surface area contributed by atoms with E-state index in [0.717, 1.165) is 67.6 Å². The maximum absolute atomic E-state index is 11.9. The molecule has 0 N–H and O–H groups in total. The first-order chi connectivity index (χ1) is 15.1. The van der Waals surface area contributed by atoms with E-state index in [1.807, 2.05) is 36.7 Å². The third-order valence-corrected chi connectivity index (χ3v) is 6.07. The third kappa shape index (κ3) is 4.05. The molecule has 0 radical (unpaired) electrons. The van der Waals surface area contributed by atoms with Gasteiger partial charge in [0.2, 0.25) is 5.91 Å². The number of nitrogens with zero attached hydrogens (tertiary/aromatic N) is 7. The van der Waals surface area contributed by atoms with Gasteiger partial charge in [-0.25, -0.2) is 9.97 Å². The molecule has 162 valence electrons. The molecule has 3 aromatic heterocycles. The van der Waals surface area contributed by atoms with E-state index in [2.05, 4.69) is 14.9 Å². The summed E-state index contributed by atoms with van der Waals surface area (Å²) in [4.78, 5) is 28.5. The van der Waals surface area contributed by atoms with E-state index in [-0.39, 0.29) is 5.91 Å². The van der Waals surface area contributed by atoms with Gasteiger partial charge in [0, 0.05) is 77.0 Å². The lowest BCUT2D eigenvalue weighted by Crippen LogP contribution is -2.46. The van der Waals surface area contributed by atoms with E-state index in [9.17, 15) is 4.79 Å². The minimum atomic E-state index is 0.0770. The van der Waals surface area contributed by atoms with E-state index >= 15 is 0 Å². The van der Waals surface area contributed by atoms with E-state index in [0.29, 0.717) is 13.1 Å². The highest BCUT2D eigenvalue weighted by Crippen LogP contribution is 2.31. The second kappa shape index (κ2) is 8.14. The van der Waals surface area contributed by atoms with Crippen molar-refractivity contribution in [1.82, 2.24) is 29.5 Å². The number of aromatic nitrogens is 4. The largest absolute Gasteiger partial charge is 0.472 e. The van der Waals surface area contributed by atoms with Crippen molar-refractivity contribution in [2.45, 2.75) is 26.4 Å². The zero-order valence-electron chi connectivity index (χ0n) is 18.0. The molecule has 5 rings (SSSR count). The molecule has 2 aliphatic rings. The van der Waals surface area contributed by atoms with Gasteiger partial charge in [-0.2, -0.15) is 5.10 Å². The predicted octanol–water partition coefficient (Wildman–Crippen LogP) is 1.70. The summed E-state index contributed by atoms with van der Waals surface area (Å²) in [5.74, 6) is 0.999. The van der Waals surface area contributed by atoms with Crippen molar-refractivity contribution >= 4 is 11.7 Å². The fourth-order valence-corrected chi connectivity index (χ4v) is 4.31. The number of carbonyl (C=O) groups excluding carboxylic acids is 1. The van der Waals surface area contributed by atoms with Crippen LogP contribution in [-0.4, -0.2) is 68.2 Å². The Balaban J connectivity index is 1.42. The molecule has 9 nitrogen and oxygen atoms in total. The standard InChI is InChI=1S/C22H27N7O2/c1-16(30)29-5-3-19-20(14-29)24-21(18-11-23-26(2)13-18)22(25-19)28-8-6-27(7-9-28)12-17-4-10-31-15-17/h4,10-11,13,15H,3,5-9,12,14H2,1-2H3. The van der Waals surface area contributed by atoms with Gasteiger partial charge in [0.25, 0.3) is 0 Å². The van der Waals surface area contributed by atoms with E-state index in [4.69, 9.17) is 14.4 Å². The lowest BCUT2D eigenvalue weighted by atomic mass is 10.1. The van der Waals surface area contributed by atoms with Crippen LogP contribution in [0.2, 0.25) is 0 Å². The van der Waals surface area contributed by atoms with E-state index in [1.165, 1.54) is 5.56 Å². The quantitative estimate of drug-likeness (QED) is 0.634. The Morgan fingerprint density at radius 2 is 1.97 bits per heavy atom. The van der Waals surface area contributed by atoms with Crippen LogP contribution in [0.4, 0.5) is 5.82 Å². The average Bonchev–Trinajstić information content (AvgIpc) is 3.44.